The third kappa shape index (κ3) is 4.16. The molecule has 142 valence electrons. The predicted octanol–water partition coefficient (Wildman–Crippen LogP) is 4.32. The van der Waals surface area contributed by atoms with Crippen molar-refractivity contribution in [3.05, 3.63) is 82.1 Å². The van der Waals surface area contributed by atoms with Crippen LogP contribution in [-0.2, 0) is 23.2 Å². The molecule has 0 saturated heterocycles. The first-order chi connectivity index (χ1) is 13.6. The number of imidazole rings is 1. The maximum absolute atomic E-state index is 12.8. The van der Waals surface area contributed by atoms with Gasteiger partial charge in [0.05, 0.1) is 16.6 Å². The van der Waals surface area contributed by atoms with Crippen LogP contribution in [0.5, 0.6) is 5.88 Å². The first-order valence-electron chi connectivity index (χ1n) is 8.30. The van der Waals surface area contributed by atoms with Gasteiger partial charge in [-0.3, -0.25) is 8.61 Å². The second-order valence-electron chi connectivity index (χ2n) is 5.94. The lowest BCUT2D eigenvalue weighted by molar-refractivity contribution is 0.290. The number of ether oxygens (including phenoxy) is 1. The Morgan fingerprint density at radius 1 is 0.929 bits per heavy atom. The van der Waals surface area contributed by atoms with E-state index >= 15 is 0 Å². The van der Waals surface area contributed by atoms with E-state index in [0.29, 0.717) is 33.2 Å². The van der Waals surface area contributed by atoms with Crippen LogP contribution >= 0.6 is 23.2 Å². The Labute approximate surface area is 173 Å². The second kappa shape index (κ2) is 8.26. The van der Waals surface area contributed by atoms with E-state index in [1.165, 1.54) is 0 Å². The lowest BCUT2D eigenvalue weighted by Gasteiger charge is -2.09. The zero-order chi connectivity index (χ0) is 19.5. The van der Waals surface area contributed by atoms with E-state index in [4.69, 9.17) is 27.9 Å². The molecule has 0 radical (unpaired) electrons. The number of aromatic nitrogens is 4. The van der Waals surface area contributed by atoms with Gasteiger partial charge in [0, 0.05) is 22.4 Å². The SMILES string of the molecule is O=S(Cc1ccc(Cl)cc1)c1nnc(OCc2ccc(Cl)cc2)c2nccn12. The van der Waals surface area contributed by atoms with E-state index in [2.05, 4.69) is 15.2 Å². The van der Waals surface area contributed by atoms with Gasteiger partial charge in [-0.1, -0.05) is 47.5 Å². The molecule has 0 spiro atoms. The number of benzene rings is 2. The molecule has 1 atom stereocenters. The van der Waals surface area contributed by atoms with Gasteiger partial charge in [0.25, 0.3) is 5.88 Å². The molecule has 9 heteroatoms. The average Bonchev–Trinajstić information content (AvgIpc) is 3.19. The molecule has 0 amide bonds. The Hall–Kier alpha value is -2.48. The van der Waals surface area contributed by atoms with Crippen molar-refractivity contribution in [1.82, 2.24) is 19.6 Å². The molecule has 0 bridgehead atoms. The summed E-state index contributed by atoms with van der Waals surface area (Å²) in [6, 6.07) is 14.5. The molecule has 4 aromatic rings. The molecule has 0 aliphatic carbocycles. The predicted molar refractivity (Wildman–Crippen MR) is 108 cm³/mol. The average molecular weight is 433 g/mol. The molecule has 0 N–H and O–H groups in total. The van der Waals surface area contributed by atoms with Crippen LogP contribution in [0.15, 0.2) is 66.1 Å². The first-order valence-corrected chi connectivity index (χ1v) is 10.4. The summed E-state index contributed by atoms with van der Waals surface area (Å²) < 4.78 is 20.2. The lowest BCUT2D eigenvalue weighted by Crippen LogP contribution is -2.09. The minimum Gasteiger partial charge on any atom is -0.469 e. The van der Waals surface area contributed by atoms with E-state index in [0.717, 1.165) is 11.1 Å². The Morgan fingerprint density at radius 2 is 1.57 bits per heavy atom. The Bertz CT molecular complexity index is 1130. The smallest absolute Gasteiger partial charge is 0.278 e. The minimum atomic E-state index is -1.41. The van der Waals surface area contributed by atoms with Crippen LogP contribution in [0.3, 0.4) is 0 Å². The number of halogens is 2. The van der Waals surface area contributed by atoms with E-state index < -0.39 is 10.8 Å². The van der Waals surface area contributed by atoms with Gasteiger partial charge in [-0.15, -0.1) is 10.2 Å². The summed E-state index contributed by atoms with van der Waals surface area (Å²) in [5.41, 5.74) is 2.29. The highest BCUT2D eigenvalue weighted by atomic mass is 35.5. The topological polar surface area (TPSA) is 69.4 Å². The zero-order valence-corrected chi connectivity index (χ0v) is 16.8. The maximum atomic E-state index is 12.8. The maximum Gasteiger partial charge on any atom is 0.278 e. The largest absolute Gasteiger partial charge is 0.469 e. The molecule has 2 aromatic heterocycles. The number of nitrogens with zero attached hydrogens (tertiary/aromatic N) is 4. The van der Waals surface area contributed by atoms with Crippen molar-refractivity contribution in [3.63, 3.8) is 0 Å². The summed E-state index contributed by atoms with van der Waals surface area (Å²) in [6.07, 6.45) is 3.28. The Balaban J connectivity index is 1.55. The van der Waals surface area contributed by atoms with Gasteiger partial charge >= 0.3 is 0 Å². The van der Waals surface area contributed by atoms with Crippen LogP contribution in [0.1, 0.15) is 11.1 Å². The van der Waals surface area contributed by atoms with Crippen molar-refractivity contribution in [2.45, 2.75) is 17.5 Å². The van der Waals surface area contributed by atoms with Gasteiger partial charge in [-0.2, -0.15) is 0 Å². The third-order valence-corrected chi connectivity index (χ3v) is 5.75. The molecule has 6 nitrogen and oxygen atoms in total. The van der Waals surface area contributed by atoms with Crippen LogP contribution in [0, 0.1) is 0 Å². The molecule has 4 rings (SSSR count). The highest BCUT2D eigenvalue weighted by Crippen LogP contribution is 2.20. The number of hydrogen-bond donors (Lipinski definition) is 0. The second-order valence-corrected chi connectivity index (χ2v) is 8.16. The van der Waals surface area contributed by atoms with Crippen LogP contribution < -0.4 is 4.74 Å². The molecular formula is C19H14Cl2N4O2S. The van der Waals surface area contributed by atoms with Crippen LogP contribution in [0.4, 0.5) is 0 Å². The van der Waals surface area contributed by atoms with Crippen LogP contribution in [0.25, 0.3) is 5.65 Å². The van der Waals surface area contributed by atoms with Gasteiger partial charge in [-0.25, -0.2) is 4.98 Å². The molecule has 2 aromatic carbocycles. The third-order valence-electron chi connectivity index (χ3n) is 3.97. The van der Waals surface area contributed by atoms with E-state index in [1.54, 1.807) is 41.1 Å². The monoisotopic (exact) mass is 432 g/mol. The summed E-state index contributed by atoms with van der Waals surface area (Å²) in [5, 5.41) is 9.81. The Morgan fingerprint density at radius 3 is 2.25 bits per heavy atom. The molecule has 0 saturated carbocycles. The zero-order valence-electron chi connectivity index (χ0n) is 14.5. The molecule has 28 heavy (non-hydrogen) atoms. The van der Waals surface area contributed by atoms with Crippen LogP contribution in [-0.4, -0.2) is 23.8 Å². The molecule has 1 unspecified atom stereocenters. The lowest BCUT2D eigenvalue weighted by atomic mass is 10.2. The number of rotatable bonds is 6. The summed E-state index contributed by atoms with van der Waals surface area (Å²) in [6.45, 7) is 0.293. The molecule has 0 fully saturated rings. The molecule has 0 aliphatic heterocycles. The highest BCUT2D eigenvalue weighted by Gasteiger charge is 2.16. The van der Waals surface area contributed by atoms with Crippen molar-refractivity contribution in [2.75, 3.05) is 0 Å². The summed E-state index contributed by atoms with van der Waals surface area (Å²) >= 11 is 11.8. The standard InChI is InChI=1S/C19H14Cl2N4O2S/c20-15-5-1-13(2-6-15)11-27-18-17-22-9-10-25(17)19(24-23-18)28(26)12-14-3-7-16(21)8-4-14/h1-10H,11-12H2. The number of hydrogen-bond acceptors (Lipinski definition) is 5. The van der Waals surface area contributed by atoms with E-state index in [-0.39, 0.29) is 5.88 Å². The van der Waals surface area contributed by atoms with Crippen molar-refractivity contribution in [1.29, 1.82) is 0 Å². The van der Waals surface area contributed by atoms with E-state index in [9.17, 15) is 4.21 Å². The molecule has 0 aliphatic rings. The van der Waals surface area contributed by atoms with Gasteiger partial charge in [0.2, 0.25) is 10.8 Å². The highest BCUT2D eigenvalue weighted by molar-refractivity contribution is 7.84. The van der Waals surface area contributed by atoms with Crippen molar-refractivity contribution < 1.29 is 8.95 Å². The van der Waals surface area contributed by atoms with Crippen molar-refractivity contribution >= 4 is 39.6 Å². The fourth-order valence-corrected chi connectivity index (χ4v) is 3.95. The van der Waals surface area contributed by atoms with Gasteiger partial charge < -0.3 is 4.74 Å². The van der Waals surface area contributed by atoms with Gasteiger partial charge in [-0.05, 0) is 35.4 Å². The quantitative estimate of drug-likeness (QED) is 0.453. The first kappa shape index (κ1) is 18.9. The molecule has 2 heterocycles. The van der Waals surface area contributed by atoms with E-state index in [1.807, 2.05) is 24.3 Å². The Kier molecular flexibility index (Phi) is 5.57. The summed E-state index contributed by atoms with van der Waals surface area (Å²) in [5.74, 6) is 0.566. The summed E-state index contributed by atoms with van der Waals surface area (Å²) in [7, 11) is -1.41. The normalized spacial score (nSPS) is 12.2. The van der Waals surface area contributed by atoms with Crippen molar-refractivity contribution in [2.24, 2.45) is 0 Å². The van der Waals surface area contributed by atoms with Gasteiger partial charge in [0.15, 0.2) is 0 Å². The fraction of sp³-hybridized carbons (Fsp3) is 0.105. The summed E-state index contributed by atoms with van der Waals surface area (Å²) in [4.78, 5) is 4.27. The minimum absolute atomic E-state index is 0.271. The van der Waals surface area contributed by atoms with Crippen molar-refractivity contribution in [3.8, 4) is 5.88 Å². The fourth-order valence-electron chi connectivity index (χ4n) is 2.57. The number of fused-ring (bicyclic) bond motifs is 1. The molecular weight excluding hydrogens is 419 g/mol. The van der Waals surface area contributed by atoms with Crippen LogP contribution in [0.2, 0.25) is 10.0 Å². The van der Waals surface area contributed by atoms with Gasteiger partial charge in [0.1, 0.15) is 6.61 Å².